The molecule has 3 rings (SSSR count). The maximum Gasteiger partial charge on any atom is 0.00671 e. The molecule has 3 aliphatic rings. The van der Waals surface area contributed by atoms with Gasteiger partial charge in [0.1, 0.15) is 0 Å². The van der Waals surface area contributed by atoms with E-state index in [4.69, 9.17) is 0 Å². The van der Waals surface area contributed by atoms with Crippen LogP contribution < -0.4 is 5.32 Å². The second kappa shape index (κ2) is 4.45. The van der Waals surface area contributed by atoms with Crippen LogP contribution in [0, 0.1) is 17.8 Å². The standard InChI is InChI=1S/C14H25N/c1-2-4-7-11(6-3-1)15-10-14-12-8-5-9-13(12)14/h11-15H,1-10H2. The number of hydrogen-bond acceptors (Lipinski definition) is 1. The Bertz CT molecular complexity index is 195. The van der Waals surface area contributed by atoms with Gasteiger partial charge >= 0.3 is 0 Å². The zero-order chi connectivity index (χ0) is 10.1. The van der Waals surface area contributed by atoms with Crippen LogP contribution in [0.2, 0.25) is 0 Å². The minimum Gasteiger partial charge on any atom is -0.314 e. The van der Waals surface area contributed by atoms with E-state index in [0.717, 1.165) is 23.8 Å². The average Bonchev–Trinajstić information content (AvgIpc) is 2.82. The molecule has 0 amide bonds. The number of fused-ring (bicyclic) bond motifs is 1. The molecule has 0 aliphatic heterocycles. The van der Waals surface area contributed by atoms with Crippen molar-refractivity contribution in [2.24, 2.45) is 17.8 Å². The minimum atomic E-state index is 0.869. The summed E-state index contributed by atoms with van der Waals surface area (Å²) in [7, 11) is 0. The monoisotopic (exact) mass is 207 g/mol. The molecular weight excluding hydrogens is 182 g/mol. The summed E-state index contributed by atoms with van der Waals surface area (Å²) in [5.41, 5.74) is 0. The molecule has 0 aromatic heterocycles. The normalized spacial score (nSPS) is 41.2. The Balaban J connectivity index is 1.38. The van der Waals surface area contributed by atoms with Crippen molar-refractivity contribution in [3.05, 3.63) is 0 Å². The van der Waals surface area contributed by atoms with Gasteiger partial charge in [-0.1, -0.05) is 32.1 Å². The van der Waals surface area contributed by atoms with Crippen LogP contribution in [0.5, 0.6) is 0 Å². The van der Waals surface area contributed by atoms with Gasteiger partial charge in [-0.05, 0) is 50.0 Å². The highest BCUT2D eigenvalue weighted by Crippen LogP contribution is 2.57. The van der Waals surface area contributed by atoms with Gasteiger partial charge in [0.2, 0.25) is 0 Å². The summed E-state index contributed by atoms with van der Waals surface area (Å²) in [6.45, 7) is 1.35. The quantitative estimate of drug-likeness (QED) is 0.700. The molecule has 1 N–H and O–H groups in total. The molecule has 2 atom stereocenters. The lowest BCUT2D eigenvalue weighted by atomic mass is 10.1. The lowest BCUT2D eigenvalue weighted by Gasteiger charge is -2.16. The SMILES string of the molecule is C1CCCC(NCC2C3CCCC32)CC1. The summed E-state index contributed by atoms with van der Waals surface area (Å²) >= 11 is 0. The zero-order valence-corrected chi connectivity index (χ0v) is 9.88. The molecule has 3 aliphatic carbocycles. The molecular formula is C14H25N. The average molecular weight is 207 g/mol. The Morgan fingerprint density at radius 1 is 0.733 bits per heavy atom. The van der Waals surface area contributed by atoms with Crippen molar-refractivity contribution in [2.45, 2.75) is 63.8 Å². The fourth-order valence-corrected chi connectivity index (χ4v) is 4.06. The first-order valence-corrected chi connectivity index (χ1v) is 7.18. The van der Waals surface area contributed by atoms with Crippen LogP contribution in [0.1, 0.15) is 57.8 Å². The molecule has 86 valence electrons. The van der Waals surface area contributed by atoms with Gasteiger partial charge in [0.25, 0.3) is 0 Å². The molecule has 0 radical (unpaired) electrons. The molecule has 1 nitrogen and oxygen atoms in total. The van der Waals surface area contributed by atoms with Crippen molar-refractivity contribution in [1.29, 1.82) is 0 Å². The van der Waals surface area contributed by atoms with Gasteiger partial charge in [0.05, 0.1) is 0 Å². The predicted molar refractivity (Wildman–Crippen MR) is 63.8 cm³/mol. The Hall–Kier alpha value is -0.0400. The van der Waals surface area contributed by atoms with Crippen molar-refractivity contribution in [3.63, 3.8) is 0 Å². The Kier molecular flexibility index (Phi) is 3.01. The number of rotatable bonds is 3. The largest absolute Gasteiger partial charge is 0.314 e. The lowest BCUT2D eigenvalue weighted by molar-refractivity contribution is 0.427. The Morgan fingerprint density at radius 3 is 2.07 bits per heavy atom. The van der Waals surface area contributed by atoms with Crippen LogP contribution >= 0.6 is 0 Å². The first-order chi connectivity index (χ1) is 7.45. The van der Waals surface area contributed by atoms with E-state index in [1.54, 1.807) is 12.8 Å². The van der Waals surface area contributed by atoms with Crippen LogP contribution in [0.3, 0.4) is 0 Å². The van der Waals surface area contributed by atoms with E-state index in [1.807, 2.05) is 0 Å². The summed E-state index contributed by atoms with van der Waals surface area (Å²) in [6.07, 6.45) is 13.4. The third-order valence-electron chi connectivity index (χ3n) is 5.08. The molecule has 0 heterocycles. The molecule has 3 fully saturated rings. The highest BCUT2D eigenvalue weighted by atomic mass is 14.9. The van der Waals surface area contributed by atoms with E-state index < -0.39 is 0 Å². The Morgan fingerprint density at radius 2 is 1.40 bits per heavy atom. The summed E-state index contributed by atoms with van der Waals surface area (Å²) in [5.74, 6) is 3.37. The molecule has 0 saturated heterocycles. The van der Waals surface area contributed by atoms with Crippen LogP contribution in [-0.2, 0) is 0 Å². The van der Waals surface area contributed by atoms with E-state index >= 15 is 0 Å². The first kappa shape index (κ1) is 10.1. The van der Waals surface area contributed by atoms with Gasteiger partial charge in [-0.3, -0.25) is 0 Å². The van der Waals surface area contributed by atoms with Gasteiger partial charge in [-0.25, -0.2) is 0 Å². The molecule has 15 heavy (non-hydrogen) atoms. The summed E-state index contributed by atoms with van der Waals surface area (Å²) in [5, 5.41) is 3.85. The van der Waals surface area contributed by atoms with Crippen LogP contribution in [0.25, 0.3) is 0 Å². The smallest absolute Gasteiger partial charge is 0.00671 e. The second-order valence-corrected chi connectivity index (χ2v) is 6.02. The summed E-state index contributed by atoms with van der Waals surface area (Å²) in [4.78, 5) is 0. The van der Waals surface area contributed by atoms with E-state index in [0.29, 0.717) is 0 Å². The predicted octanol–water partition coefficient (Wildman–Crippen LogP) is 3.34. The van der Waals surface area contributed by atoms with Crippen LogP contribution in [0.4, 0.5) is 0 Å². The van der Waals surface area contributed by atoms with Crippen molar-refractivity contribution < 1.29 is 0 Å². The Labute approximate surface area is 94.0 Å². The third-order valence-corrected chi connectivity index (χ3v) is 5.08. The zero-order valence-electron chi connectivity index (χ0n) is 9.88. The lowest BCUT2D eigenvalue weighted by Crippen LogP contribution is -2.31. The highest BCUT2D eigenvalue weighted by Gasteiger charge is 2.51. The van der Waals surface area contributed by atoms with Gasteiger partial charge < -0.3 is 5.32 Å². The van der Waals surface area contributed by atoms with E-state index in [2.05, 4.69) is 5.32 Å². The summed E-state index contributed by atoms with van der Waals surface area (Å²) < 4.78 is 0. The van der Waals surface area contributed by atoms with Crippen LogP contribution in [0.15, 0.2) is 0 Å². The van der Waals surface area contributed by atoms with Gasteiger partial charge in [0, 0.05) is 6.04 Å². The topological polar surface area (TPSA) is 12.0 Å². The van der Waals surface area contributed by atoms with Crippen molar-refractivity contribution >= 4 is 0 Å². The van der Waals surface area contributed by atoms with Crippen LogP contribution in [-0.4, -0.2) is 12.6 Å². The number of nitrogens with one attached hydrogen (secondary N) is 1. The molecule has 0 bridgehead atoms. The first-order valence-electron chi connectivity index (χ1n) is 7.18. The molecule has 0 aromatic carbocycles. The van der Waals surface area contributed by atoms with Gasteiger partial charge in [-0.2, -0.15) is 0 Å². The maximum absolute atomic E-state index is 3.85. The molecule has 0 spiro atoms. The summed E-state index contributed by atoms with van der Waals surface area (Å²) in [6, 6.07) is 0.869. The number of hydrogen-bond donors (Lipinski definition) is 1. The van der Waals surface area contributed by atoms with E-state index in [9.17, 15) is 0 Å². The molecule has 1 heteroatoms. The van der Waals surface area contributed by atoms with Crippen molar-refractivity contribution in [2.75, 3.05) is 6.54 Å². The fraction of sp³-hybridized carbons (Fsp3) is 1.00. The van der Waals surface area contributed by atoms with Crippen molar-refractivity contribution in [3.8, 4) is 0 Å². The van der Waals surface area contributed by atoms with E-state index in [1.165, 1.54) is 51.5 Å². The third kappa shape index (κ3) is 2.22. The highest BCUT2D eigenvalue weighted by molar-refractivity contribution is 5.02. The molecule has 2 unspecified atom stereocenters. The van der Waals surface area contributed by atoms with Gasteiger partial charge in [0.15, 0.2) is 0 Å². The van der Waals surface area contributed by atoms with E-state index in [-0.39, 0.29) is 0 Å². The second-order valence-electron chi connectivity index (χ2n) is 6.02. The fourth-order valence-electron chi connectivity index (χ4n) is 4.06. The van der Waals surface area contributed by atoms with Crippen molar-refractivity contribution in [1.82, 2.24) is 5.32 Å². The maximum atomic E-state index is 3.85. The minimum absolute atomic E-state index is 0.869. The molecule has 0 aromatic rings. The molecule has 3 saturated carbocycles. The van der Waals surface area contributed by atoms with Gasteiger partial charge in [-0.15, -0.1) is 0 Å².